The van der Waals surface area contributed by atoms with E-state index in [1.165, 1.54) is 12.3 Å². The molecule has 1 aromatic heterocycles. The van der Waals surface area contributed by atoms with Crippen LogP contribution in [0.5, 0.6) is 5.75 Å². The van der Waals surface area contributed by atoms with E-state index in [9.17, 15) is 9.90 Å². The Morgan fingerprint density at radius 2 is 2.15 bits per heavy atom. The van der Waals surface area contributed by atoms with Crippen LogP contribution >= 0.6 is 54.5 Å². The minimum atomic E-state index is -0.419. The molecule has 0 saturated carbocycles. The predicted octanol–water partition coefficient (Wildman–Crippen LogP) is 3.88. The number of rotatable bonds is 3. The summed E-state index contributed by atoms with van der Waals surface area (Å²) in [4.78, 5) is 11.8. The molecular weight excluding hydrogens is 507 g/mol. The smallest absolute Gasteiger partial charge is 0.271 e. The third-order valence-electron chi connectivity index (χ3n) is 2.23. The number of hydrogen-bond acceptors (Lipinski definition) is 4. The second-order valence-corrected chi connectivity index (χ2v) is 6.37. The van der Waals surface area contributed by atoms with E-state index < -0.39 is 5.91 Å². The zero-order valence-corrected chi connectivity index (χ0v) is 15.1. The Hall–Kier alpha value is -0.870. The molecule has 0 atom stereocenters. The van der Waals surface area contributed by atoms with Crippen molar-refractivity contribution in [2.75, 3.05) is 0 Å². The monoisotopic (exact) mass is 512 g/mol. The van der Waals surface area contributed by atoms with Gasteiger partial charge in [-0.25, -0.2) is 5.43 Å². The zero-order chi connectivity index (χ0) is 14.7. The Kier molecular flexibility index (Phi) is 5.22. The van der Waals surface area contributed by atoms with Crippen molar-refractivity contribution in [2.24, 2.45) is 5.10 Å². The van der Waals surface area contributed by atoms with Gasteiger partial charge in [-0.3, -0.25) is 4.79 Å². The predicted molar refractivity (Wildman–Crippen MR) is 90.0 cm³/mol. The summed E-state index contributed by atoms with van der Waals surface area (Å²) >= 11 is 8.44. The van der Waals surface area contributed by atoms with Crippen LogP contribution in [0, 0.1) is 3.57 Å². The quantitative estimate of drug-likeness (QED) is 0.372. The molecule has 1 heterocycles. The number of hydrazone groups is 1. The summed E-state index contributed by atoms with van der Waals surface area (Å²) in [5.41, 5.74) is 2.67. The average Bonchev–Trinajstić information content (AvgIpc) is 2.72. The largest absolute Gasteiger partial charge is 0.507 e. The maximum Gasteiger partial charge on any atom is 0.271 e. The number of carbonyl (C=O) groups is 1. The van der Waals surface area contributed by atoms with Gasteiger partial charge in [-0.05, 0) is 72.6 Å². The first-order valence-electron chi connectivity index (χ1n) is 5.24. The van der Waals surface area contributed by atoms with Crippen molar-refractivity contribution in [1.82, 2.24) is 5.43 Å². The van der Waals surface area contributed by atoms with Gasteiger partial charge in [0.15, 0.2) is 4.67 Å². The Morgan fingerprint density at radius 3 is 2.75 bits per heavy atom. The molecule has 1 aromatic carbocycles. The molecule has 0 radical (unpaired) electrons. The average molecular weight is 514 g/mol. The summed E-state index contributed by atoms with van der Waals surface area (Å²) in [6, 6.07) is 6.34. The van der Waals surface area contributed by atoms with Crippen LogP contribution in [0.2, 0.25) is 0 Å². The number of amides is 1. The van der Waals surface area contributed by atoms with Gasteiger partial charge in [0.25, 0.3) is 5.91 Å². The van der Waals surface area contributed by atoms with Crippen LogP contribution in [0.15, 0.2) is 42.9 Å². The zero-order valence-electron chi connectivity index (χ0n) is 9.73. The number of nitrogens with zero attached hydrogens (tertiary/aromatic N) is 1. The number of furan rings is 1. The molecule has 0 aliphatic heterocycles. The summed E-state index contributed by atoms with van der Waals surface area (Å²) in [5.74, 6) is 0.119. The number of carbonyl (C=O) groups excluding carboxylic acids is 1. The fourth-order valence-electron chi connectivity index (χ4n) is 1.30. The number of phenolic OH excluding ortho intramolecular Hbond substituents is 1. The fraction of sp³-hybridized carbons (Fsp3) is 0. The molecule has 2 rings (SSSR count). The van der Waals surface area contributed by atoms with Crippen molar-refractivity contribution in [3.63, 3.8) is 0 Å². The number of aromatic hydroxyl groups is 1. The normalized spacial score (nSPS) is 10.9. The van der Waals surface area contributed by atoms with E-state index in [0.29, 0.717) is 19.6 Å². The number of nitrogens with one attached hydrogen (secondary N) is 1. The minimum absolute atomic E-state index is 0.0566. The lowest BCUT2D eigenvalue weighted by Crippen LogP contribution is -2.17. The Morgan fingerprint density at radius 1 is 1.40 bits per heavy atom. The van der Waals surface area contributed by atoms with E-state index in [1.54, 1.807) is 18.2 Å². The van der Waals surface area contributed by atoms with Crippen LogP contribution in [-0.2, 0) is 0 Å². The van der Waals surface area contributed by atoms with Crippen LogP contribution in [0.3, 0.4) is 0 Å². The van der Waals surface area contributed by atoms with Crippen molar-refractivity contribution in [1.29, 1.82) is 0 Å². The van der Waals surface area contributed by atoms with Crippen LogP contribution in [0.1, 0.15) is 16.1 Å². The molecule has 0 aliphatic carbocycles. The van der Waals surface area contributed by atoms with Crippen LogP contribution in [0.4, 0.5) is 0 Å². The van der Waals surface area contributed by atoms with Gasteiger partial charge in [-0.2, -0.15) is 5.10 Å². The SMILES string of the molecule is O=C(N/N=C\c1cc(Br)c(Br)o1)c1ccc(I)c(O)c1. The highest BCUT2D eigenvalue weighted by molar-refractivity contribution is 14.1. The number of halogens is 3. The van der Waals surface area contributed by atoms with Gasteiger partial charge in [0.05, 0.1) is 14.3 Å². The molecule has 104 valence electrons. The lowest BCUT2D eigenvalue weighted by atomic mass is 10.2. The number of hydrogen-bond donors (Lipinski definition) is 2. The molecule has 1 amide bonds. The van der Waals surface area contributed by atoms with E-state index >= 15 is 0 Å². The van der Waals surface area contributed by atoms with Crippen LogP contribution in [-0.4, -0.2) is 17.2 Å². The van der Waals surface area contributed by atoms with Crippen molar-refractivity contribution in [2.45, 2.75) is 0 Å². The van der Waals surface area contributed by atoms with Gasteiger partial charge in [0, 0.05) is 11.6 Å². The van der Waals surface area contributed by atoms with Gasteiger partial charge in [-0.1, -0.05) is 0 Å². The van der Waals surface area contributed by atoms with Gasteiger partial charge >= 0.3 is 0 Å². The molecule has 0 unspecified atom stereocenters. The maximum absolute atomic E-state index is 11.8. The molecule has 0 aliphatic rings. The second-order valence-electron chi connectivity index (χ2n) is 3.64. The molecule has 20 heavy (non-hydrogen) atoms. The van der Waals surface area contributed by atoms with Crippen LogP contribution < -0.4 is 5.43 Å². The highest BCUT2D eigenvalue weighted by Gasteiger charge is 2.07. The third kappa shape index (κ3) is 3.83. The number of benzene rings is 1. The maximum atomic E-state index is 11.8. The van der Waals surface area contributed by atoms with E-state index in [1.807, 2.05) is 22.6 Å². The summed E-state index contributed by atoms with van der Waals surface area (Å²) < 4.78 is 7.25. The molecule has 2 aromatic rings. The molecule has 0 fully saturated rings. The van der Waals surface area contributed by atoms with Gasteiger partial charge in [0.1, 0.15) is 11.5 Å². The Labute approximate surface area is 144 Å². The molecular formula is C12H7Br2IN2O3. The molecule has 0 saturated heterocycles. The lowest BCUT2D eigenvalue weighted by molar-refractivity contribution is 0.0954. The van der Waals surface area contributed by atoms with Gasteiger partial charge in [0.2, 0.25) is 0 Å². The Bertz CT molecular complexity index is 666. The number of phenols is 1. The van der Waals surface area contributed by atoms with Crippen molar-refractivity contribution < 1.29 is 14.3 Å². The minimum Gasteiger partial charge on any atom is -0.507 e. The summed E-state index contributed by atoms with van der Waals surface area (Å²) in [7, 11) is 0. The second kappa shape index (κ2) is 6.72. The standard InChI is InChI=1S/C12H7Br2IN2O3/c13-8-4-7(20-11(8)14)5-16-17-12(19)6-1-2-9(15)10(18)3-6/h1-5,18H,(H,17,19)/b16-5-. The van der Waals surface area contributed by atoms with Gasteiger partial charge in [-0.15, -0.1) is 0 Å². The highest BCUT2D eigenvalue weighted by Crippen LogP contribution is 2.25. The van der Waals surface area contributed by atoms with E-state index in [-0.39, 0.29) is 5.75 Å². The first kappa shape index (κ1) is 15.5. The summed E-state index contributed by atoms with van der Waals surface area (Å²) in [6.45, 7) is 0. The fourth-order valence-corrected chi connectivity index (χ4v) is 2.24. The van der Waals surface area contributed by atoms with E-state index in [0.717, 1.165) is 4.47 Å². The lowest BCUT2D eigenvalue weighted by Gasteiger charge is -2.01. The summed E-state index contributed by atoms with van der Waals surface area (Å²) in [6.07, 6.45) is 1.37. The van der Waals surface area contributed by atoms with E-state index in [4.69, 9.17) is 4.42 Å². The topological polar surface area (TPSA) is 74.8 Å². The van der Waals surface area contributed by atoms with E-state index in [2.05, 4.69) is 42.4 Å². The molecule has 2 N–H and O–H groups in total. The van der Waals surface area contributed by atoms with Crippen molar-refractivity contribution in [3.05, 3.63) is 48.3 Å². The Balaban J connectivity index is 2.03. The first-order valence-corrected chi connectivity index (χ1v) is 7.90. The first-order chi connectivity index (χ1) is 9.47. The molecule has 8 heteroatoms. The van der Waals surface area contributed by atoms with Crippen molar-refractivity contribution >= 4 is 66.6 Å². The molecule has 0 bridgehead atoms. The molecule has 5 nitrogen and oxygen atoms in total. The summed E-state index contributed by atoms with van der Waals surface area (Å²) in [5, 5.41) is 13.3. The highest BCUT2D eigenvalue weighted by atomic mass is 127. The van der Waals surface area contributed by atoms with Crippen LogP contribution in [0.25, 0.3) is 0 Å². The van der Waals surface area contributed by atoms with Crippen molar-refractivity contribution in [3.8, 4) is 5.75 Å². The third-order valence-corrected chi connectivity index (χ3v) is 4.85. The van der Waals surface area contributed by atoms with Gasteiger partial charge < -0.3 is 9.52 Å². The molecule has 0 spiro atoms.